The highest BCUT2D eigenvalue weighted by molar-refractivity contribution is 6.48. The maximum atomic E-state index is 11.1. The summed E-state index contributed by atoms with van der Waals surface area (Å²) in [7, 11) is 0. The van der Waals surface area contributed by atoms with Gasteiger partial charge in [0.2, 0.25) is 0 Å². The number of carbonyl (C=O) groups excluding carboxylic acids is 1. The van der Waals surface area contributed by atoms with E-state index < -0.39 is 10.6 Å². The van der Waals surface area contributed by atoms with E-state index in [9.17, 15) is 4.79 Å². The van der Waals surface area contributed by atoms with E-state index >= 15 is 0 Å². The van der Waals surface area contributed by atoms with Crippen LogP contribution in [0.4, 0.5) is 0 Å². The molecule has 3 nitrogen and oxygen atoms in total. The normalized spacial score (nSPS) is 24.0. The zero-order valence-corrected chi connectivity index (χ0v) is 9.94. The SMILES string of the molecule is CCCN1CC(=O)OC1C(Cl)(Cl)CC. The molecular weight excluding hydrogens is 225 g/mol. The lowest BCUT2D eigenvalue weighted by atomic mass is 10.2. The summed E-state index contributed by atoms with van der Waals surface area (Å²) in [5.41, 5.74) is 0. The van der Waals surface area contributed by atoms with Gasteiger partial charge in [0.15, 0.2) is 10.6 Å². The first kappa shape index (κ1) is 12.1. The van der Waals surface area contributed by atoms with Crippen molar-refractivity contribution in [3.05, 3.63) is 0 Å². The van der Waals surface area contributed by atoms with E-state index in [0.717, 1.165) is 13.0 Å². The molecule has 1 fully saturated rings. The predicted octanol–water partition coefficient (Wildman–Crippen LogP) is 2.17. The molecule has 0 aliphatic carbocycles. The first-order valence-electron chi connectivity index (χ1n) is 4.82. The van der Waals surface area contributed by atoms with Crippen LogP contribution in [-0.2, 0) is 9.53 Å². The first-order valence-corrected chi connectivity index (χ1v) is 5.58. The molecule has 1 aliphatic heterocycles. The van der Waals surface area contributed by atoms with E-state index in [1.807, 2.05) is 18.7 Å². The van der Waals surface area contributed by atoms with Crippen LogP contribution in [0.3, 0.4) is 0 Å². The van der Waals surface area contributed by atoms with Gasteiger partial charge in [0.05, 0.1) is 6.54 Å². The van der Waals surface area contributed by atoms with E-state index in [1.54, 1.807) is 0 Å². The van der Waals surface area contributed by atoms with Crippen LogP contribution < -0.4 is 0 Å². The van der Waals surface area contributed by atoms with E-state index in [-0.39, 0.29) is 5.97 Å². The molecule has 1 saturated heterocycles. The highest BCUT2D eigenvalue weighted by Crippen LogP contribution is 2.35. The first-order chi connectivity index (χ1) is 6.51. The van der Waals surface area contributed by atoms with Gasteiger partial charge in [0.1, 0.15) is 0 Å². The van der Waals surface area contributed by atoms with Gasteiger partial charge >= 0.3 is 5.97 Å². The lowest BCUT2D eigenvalue weighted by molar-refractivity contribution is -0.142. The van der Waals surface area contributed by atoms with Crippen molar-refractivity contribution in [2.24, 2.45) is 0 Å². The van der Waals surface area contributed by atoms with E-state index in [1.165, 1.54) is 0 Å². The van der Waals surface area contributed by atoms with Gasteiger partial charge in [-0.25, -0.2) is 0 Å². The number of halogens is 2. The average molecular weight is 240 g/mol. The molecule has 0 radical (unpaired) electrons. The molecule has 1 unspecified atom stereocenters. The quantitative estimate of drug-likeness (QED) is 0.557. The van der Waals surface area contributed by atoms with Crippen LogP contribution in [0.15, 0.2) is 0 Å². The Morgan fingerprint density at radius 1 is 1.57 bits per heavy atom. The highest BCUT2D eigenvalue weighted by Gasteiger charge is 2.45. The van der Waals surface area contributed by atoms with Gasteiger partial charge in [-0.05, 0) is 12.8 Å². The number of carbonyl (C=O) groups is 1. The molecule has 1 rings (SSSR count). The predicted molar refractivity (Wildman–Crippen MR) is 56.5 cm³/mol. The van der Waals surface area contributed by atoms with Crippen LogP contribution >= 0.6 is 23.2 Å². The summed E-state index contributed by atoms with van der Waals surface area (Å²) in [6.45, 7) is 4.98. The molecule has 14 heavy (non-hydrogen) atoms. The molecule has 1 atom stereocenters. The lowest BCUT2D eigenvalue weighted by Gasteiger charge is -2.30. The molecule has 0 bridgehead atoms. The third-order valence-corrected chi connectivity index (χ3v) is 3.16. The second-order valence-corrected chi connectivity index (χ2v) is 4.97. The van der Waals surface area contributed by atoms with Crippen molar-refractivity contribution in [3.63, 3.8) is 0 Å². The molecule has 0 aromatic rings. The summed E-state index contributed by atoms with van der Waals surface area (Å²) in [4.78, 5) is 13.0. The highest BCUT2D eigenvalue weighted by atomic mass is 35.5. The summed E-state index contributed by atoms with van der Waals surface area (Å²) in [6, 6.07) is 0. The topological polar surface area (TPSA) is 29.5 Å². The molecule has 0 aromatic heterocycles. The molecule has 5 heteroatoms. The summed E-state index contributed by atoms with van der Waals surface area (Å²) in [5, 5.41) is 0. The van der Waals surface area contributed by atoms with Crippen LogP contribution in [0.5, 0.6) is 0 Å². The van der Waals surface area contributed by atoms with Crippen LogP contribution in [0.25, 0.3) is 0 Å². The van der Waals surface area contributed by atoms with Crippen molar-refractivity contribution in [1.82, 2.24) is 4.90 Å². The number of alkyl halides is 2. The van der Waals surface area contributed by atoms with Gasteiger partial charge < -0.3 is 4.74 Å². The zero-order valence-electron chi connectivity index (χ0n) is 8.43. The molecule has 0 amide bonds. The van der Waals surface area contributed by atoms with Crippen molar-refractivity contribution >= 4 is 29.2 Å². The van der Waals surface area contributed by atoms with Crippen LogP contribution in [0.2, 0.25) is 0 Å². The zero-order chi connectivity index (χ0) is 10.8. The maximum Gasteiger partial charge on any atom is 0.321 e. The number of nitrogens with zero attached hydrogens (tertiary/aromatic N) is 1. The summed E-state index contributed by atoms with van der Waals surface area (Å²) < 4.78 is 4.11. The average Bonchev–Trinajstić information content (AvgIpc) is 2.48. The molecule has 1 heterocycles. The fraction of sp³-hybridized carbons (Fsp3) is 0.889. The van der Waals surface area contributed by atoms with Gasteiger partial charge in [-0.2, -0.15) is 0 Å². The summed E-state index contributed by atoms with van der Waals surface area (Å²) in [6.07, 6.45) is 0.998. The van der Waals surface area contributed by atoms with Crippen LogP contribution in [0, 0.1) is 0 Å². The Hall–Kier alpha value is 0.01000. The molecule has 0 aromatic carbocycles. The van der Waals surface area contributed by atoms with Crippen molar-refractivity contribution in [2.45, 2.75) is 37.3 Å². The monoisotopic (exact) mass is 239 g/mol. The molecular formula is C9H15Cl2NO2. The van der Waals surface area contributed by atoms with Gasteiger partial charge in [-0.1, -0.05) is 37.0 Å². The maximum absolute atomic E-state index is 11.1. The Labute approximate surface area is 94.3 Å². The second-order valence-electron chi connectivity index (χ2n) is 3.43. The summed E-state index contributed by atoms with van der Waals surface area (Å²) >= 11 is 12.1. The minimum Gasteiger partial charge on any atom is -0.442 e. The van der Waals surface area contributed by atoms with Crippen molar-refractivity contribution in [1.29, 1.82) is 0 Å². The summed E-state index contributed by atoms with van der Waals surface area (Å²) in [5.74, 6) is -0.248. The molecule has 0 saturated carbocycles. The van der Waals surface area contributed by atoms with E-state index in [0.29, 0.717) is 13.0 Å². The van der Waals surface area contributed by atoms with Crippen LogP contribution in [-0.4, -0.2) is 34.5 Å². The van der Waals surface area contributed by atoms with Crippen molar-refractivity contribution in [2.75, 3.05) is 13.1 Å². The van der Waals surface area contributed by atoms with Crippen molar-refractivity contribution in [3.8, 4) is 0 Å². The number of cyclic esters (lactones) is 1. The van der Waals surface area contributed by atoms with Gasteiger partial charge in [-0.15, -0.1) is 0 Å². The third-order valence-electron chi connectivity index (χ3n) is 2.25. The molecule has 82 valence electrons. The van der Waals surface area contributed by atoms with E-state index in [2.05, 4.69) is 0 Å². The van der Waals surface area contributed by atoms with E-state index in [4.69, 9.17) is 27.9 Å². The van der Waals surface area contributed by atoms with Gasteiger partial charge in [0, 0.05) is 6.54 Å². The Bertz CT molecular complexity index is 221. The number of ether oxygens (including phenoxy) is 1. The van der Waals surface area contributed by atoms with Crippen molar-refractivity contribution < 1.29 is 9.53 Å². The Morgan fingerprint density at radius 3 is 2.71 bits per heavy atom. The Kier molecular flexibility index (Phi) is 4.04. The Morgan fingerprint density at radius 2 is 2.21 bits per heavy atom. The van der Waals surface area contributed by atoms with Gasteiger partial charge in [-0.3, -0.25) is 9.69 Å². The third kappa shape index (κ3) is 2.53. The molecule has 1 aliphatic rings. The lowest BCUT2D eigenvalue weighted by Crippen LogP contribution is -2.43. The van der Waals surface area contributed by atoms with Gasteiger partial charge in [0.25, 0.3) is 0 Å². The number of hydrogen-bond acceptors (Lipinski definition) is 3. The minimum absolute atomic E-state index is 0.248. The number of hydrogen-bond donors (Lipinski definition) is 0. The minimum atomic E-state index is -0.999. The Balaban J connectivity index is 2.70. The molecule has 0 spiro atoms. The van der Waals surface area contributed by atoms with Crippen LogP contribution in [0.1, 0.15) is 26.7 Å². The smallest absolute Gasteiger partial charge is 0.321 e. The largest absolute Gasteiger partial charge is 0.442 e. The number of rotatable bonds is 4. The fourth-order valence-electron chi connectivity index (χ4n) is 1.50. The number of esters is 1. The second kappa shape index (κ2) is 4.69. The molecule has 0 N–H and O–H groups in total. The standard InChI is InChI=1S/C9H15Cl2NO2/c1-3-5-12-6-7(13)14-8(12)9(10,11)4-2/h8H,3-6H2,1-2H3. The fourth-order valence-corrected chi connectivity index (χ4v) is 1.86.